The Labute approximate surface area is 178 Å². The summed E-state index contributed by atoms with van der Waals surface area (Å²) in [4.78, 5) is 6.11. The zero-order valence-electron chi connectivity index (χ0n) is 17.7. The molecule has 2 heterocycles. The van der Waals surface area contributed by atoms with Crippen LogP contribution in [-0.2, 0) is 19.3 Å². The molecule has 2 unspecified atom stereocenters. The quantitative estimate of drug-likeness (QED) is 0.598. The SMILES string of the molecule is C=C(O)CN1CCC2Cc3[nH]c4cccc(Cc5cccc(OC)c5)c4c3CC2C1. The number of ether oxygens (including phenoxy) is 1. The Bertz CT molecular complexity index is 1080. The predicted molar refractivity (Wildman–Crippen MR) is 121 cm³/mol. The highest BCUT2D eigenvalue weighted by atomic mass is 16.5. The summed E-state index contributed by atoms with van der Waals surface area (Å²) in [5, 5.41) is 11.0. The fourth-order valence-electron chi connectivity index (χ4n) is 5.58. The fourth-order valence-corrected chi connectivity index (χ4v) is 5.58. The van der Waals surface area contributed by atoms with Gasteiger partial charge in [0.15, 0.2) is 0 Å². The molecular weight excluding hydrogens is 372 g/mol. The van der Waals surface area contributed by atoms with Gasteiger partial charge in [-0.3, -0.25) is 4.90 Å². The number of aromatic amines is 1. The topological polar surface area (TPSA) is 48.5 Å². The number of hydrogen-bond acceptors (Lipinski definition) is 3. The van der Waals surface area contributed by atoms with E-state index < -0.39 is 0 Å². The number of aromatic nitrogens is 1. The molecule has 1 aliphatic heterocycles. The molecule has 1 aliphatic carbocycles. The first kappa shape index (κ1) is 19.3. The van der Waals surface area contributed by atoms with Crippen LogP contribution in [0.25, 0.3) is 10.9 Å². The van der Waals surface area contributed by atoms with E-state index in [2.05, 4.69) is 52.9 Å². The molecule has 2 aliphatic rings. The summed E-state index contributed by atoms with van der Waals surface area (Å²) in [5.41, 5.74) is 6.86. The Morgan fingerprint density at radius 2 is 2.07 bits per heavy atom. The van der Waals surface area contributed by atoms with Crippen LogP contribution in [0.2, 0.25) is 0 Å². The van der Waals surface area contributed by atoms with Crippen LogP contribution in [0.1, 0.15) is 28.8 Å². The molecule has 1 saturated heterocycles. The first-order chi connectivity index (χ1) is 14.6. The van der Waals surface area contributed by atoms with Gasteiger partial charge in [-0.2, -0.15) is 0 Å². The molecule has 156 valence electrons. The number of likely N-dealkylation sites (tertiary alicyclic amines) is 1. The van der Waals surface area contributed by atoms with Crippen molar-refractivity contribution < 1.29 is 9.84 Å². The molecule has 1 aromatic heterocycles. The van der Waals surface area contributed by atoms with E-state index >= 15 is 0 Å². The highest BCUT2D eigenvalue weighted by Gasteiger charge is 2.35. The third-order valence-corrected chi connectivity index (χ3v) is 6.95. The molecule has 3 aromatic rings. The molecule has 30 heavy (non-hydrogen) atoms. The number of piperidine rings is 1. The molecule has 4 nitrogen and oxygen atoms in total. The van der Waals surface area contributed by atoms with Gasteiger partial charge in [-0.25, -0.2) is 0 Å². The van der Waals surface area contributed by atoms with Crippen LogP contribution in [0, 0.1) is 11.8 Å². The van der Waals surface area contributed by atoms with Crippen molar-refractivity contribution in [3.63, 3.8) is 0 Å². The van der Waals surface area contributed by atoms with Crippen LogP contribution in [0.5, 0.6) is 5.75 Å². The monoisotopic (exact) mass is 402 g/mol. The Hall–Kier alpha value is -2.72. The lowest BCUT2D eigenvalue weighted by Crippen LogP contribution is -2.44. The third kappa shape index (κ3) is 3.61. The standard InChI is InChI=1S/C26H30N2O2/c1-17(29)15-28-10-9-19-14-25-23(13-21(19)16-28)26-20(6-4-8-24(26)27-25)11-18-5-3-7-22(12-18)30-2/h3-8,12,19,21,27,29H,1,9-11,13-16H2,2H3. The van der Waals surface area contributed by atoms with Gasteiger partial charge in [-0.1, -0.05) is 30.8 Å². The third-order valence-electron chi connectivity index (χ3n) is 6.95. The second-order valence-corrected chi connectivity index (χ2v) is 8.97. The maximum absolute atomic E-state index is 9.63. The second kappa shape index (κ2) is 7.84. The average molecular weight is 403 g/mol. The maximum Gasteiger partial charge on any atom is 0.119 e. The summed E-state index contributed by atoms with van der Waals surface area (Å²) in [5.74, 6) is 2.56. The molecule has 0 amide bonds. The Balaban J connectivity index is 1.47. The number of fused-ring (bicyclic) bond motifs is 4. The van der Waals surface area contributed by atoms with Crippen molar-refractivity contribution in [3.8, 4) is 5.75 Å². The normalized spacial score (nSPS) is 21.2. The van der Waals surface area contributed by atoms with Crippen molar-refractivity contribution >= 4 is 10.9 Å². The molecule has 2 atom stereocenters. The molecule has 4 heteroatoms. The minimum Gasteiger partial charge on any atom is -0.512 e. The molecule has 5 rings (SSSR count). The molecule has 0 spiro atoms. The van der Waals surface area contributed by atoms with E-state index in [0.29, 0.717) is 12.5 Å². The largest absolute Gasteiger partial charge is 0.512 e. The summed E-state index contributed by atoms with van der Waals surface area (Å²) < 4.78 is 5.42. The van der Waals surface area contributed by atoms with E-state index in [0.717, 1.165) is 44.0 Å². The lowest BCUT2D eigenvalue weighted by molar-refractivity contribution is 0.110. The van der Waals surface area contributed by atoms with Gasteiger partial charge in [0.1, 0.15) is 5.75 Å². The van der Waals surface area contributed by atoms with Gasteiger partial charge in [0.2, 0.25) is 0 Å². The summed E-state index contributed by atoms with van der Waals surface area (Å²) in [6, 6.07) is 15.0. The molecule has 2 N–H and O–H groups in total. The van der Waals surface area contributed by atoms with E-state index in [1.54, 1.807) is 7.11 Å². The van der Waals surface area contributed by atoms with Crippen molar-refractivity contribution in [1.82, 2.24) is 9.88 Å². The number of benzene rings is 2. The molecule has 2 aromatic carbocycles. The molecule has 0 saturated carbocycles. The van der Waals surface area contributed by atoms with E-state index in [-0.39, 0.29) is 5.76 Å². The Morgan fingerprint density at radius 3 is 2.90 bits per heavy atom. The number of nitrogens with one attached hydrogen (secondary N) is 1. The van der Waals surface area contributed by atoms with Gasteiger partial charge in [0.05, 0.1) is 19.4 Å². The lowest BCUT2D eigenvalue weighted by Gasteiger charge is -2.41. The highest BCUT2D eigenvalue weighted by Crippen LogP contribution is 2.40. The van der Waals surface area contributed by atoms with Crippen molar-refractivity contribution in [3.05, 3.63) is 77.2 Å². The van der Waals surface area contributed by atoms with Crippen LogP contribution < -0.4 is 4.74 Å². The first-order valence-corrected chi connectivity index (χ1v) is 10.9. The van der Waals surface area contributed by atoms with E-state index in [4.69, 9.17) is 4.74 Å². The lowest BCUT2D eigenvalue weighted by atomic mass is 9.73. The number of nitrogens with zero attached hydrogens (tertiary/aromatic N) is 1. The van der Waals surface area contributed by atoms with Crippen LogP contribution >= 0.6 is 0 Å². The molecule has 1 fully saturated rings. The average Bonchev–Trinajstić information content (AvgIpc) is 3.10. The molecule has 0 radical (unpaired) electrons. The zero-order chi connectivity index (χ0) is 20.7. The zero-order valence-corrected chi connectivity index (χ0v) is 17.7. The van der Waals surface area contributed by atoms with Crippen LogP contribution in [0.4, 0.5) is 0 Å². The van der Waals surface area contributed by atoms with E-state index in [1.165, 1.54) is 39.7 Å². The van der Waals surface area contributed by atoms with Crippen molar-refractivity contribution in [2.24, 2.45) is 11.8 Å². The van der Waals surface area contributed by atoms with E-state index in [9.17, 15) is 5.11 Å². The van der Waals surface area contributed by atoms with Gasteiger partial charge in [-0.15, -0.1) is 0 Å². The summed E-state index contributed by atoms with van der Waals surface area (Å²) >= 11 is 0. The van der Waals surface area contributed by atoms with Crippen molar-refractivity contribution in [1.29, 1.82) is 0 Å². The van der Waals surface area contributed by atoms with E-state index in [1.807, 2.05) is 6.07 Å². The van der Waals surface area contributed by atoms with Crippen LogP contribution in [0.15, 0.2) is 54.8 Å². The maximum atomic E-state index is 9.63. The van der Waals surface area contributed by atoms with Crippen molar-refractivity contribution in [2.75, 3.05) is 26.7 Å². The number of rotatable bonds is 5. The van der Waals surface area contributed by atoms with Crippen molar-refractivity contribution in [2.45, 2.75) is 25.7 Å². The van der Waals surface area contributed by atoms with Gasteiger partial charge in [-0.05, 0) is 79.0 Å². The summed E-state index contributed by atoms with van der Waals surface area (Å²) in [6.07, 6.45) is 4.36. The molecular formula is C26H30N2O2. The number of methoxy groups -OCH3 is 1. The predicted octanol–water partition coefficient (Wildman–Crippen LogP) is 4.88. The first-order valence-electron chi connectivity index (χ1n) is 10.9. The van der Waals surface area contributed by atoms with Gasteiger partial charge < -0.3 is 14.8 Å². The van der Waals surface area contributed by atoms with Gasteiger partial charge in [0, 0.05) is 23.1 Å². The van der Waals surface area contributed by atoms with Crippen LogP contribution in [-0.4, -0.2) is 41.7 Å². The Kier molecular flexibility index (Phi) is 5.03. The molecule has 0 bridgehead atoms. The highest BCUT2D eigenvalue weighted by molar-refractivity contribution is 5.88. The van der Waals surface area contributed by atoms with Gasteiger partial charge >= 0.3 is 0 Å². The Morgan fingerprint density at radius 1 is 1.20 bits per heavy atom. The van der Waals surface area contributed by atoms with Crippen LogP contribution in [0.3, 0.4) is 0 Å². The smallest absolute Gasteiger partial charge is 0.119 e. The number of hydrogen-bond donors (Lipinski definition) is 2. The minimum absolute atomic E-state index is 0.276. The second-order valence-electron chi connectivity index (χ2n) is 8.97. The van der Waals surface area contributed by atoms with Gasteiger partial charge in [0.25, 0.3) is 0 Å². The summed E-state index contributed by atoms with van der Waals surface area (Å²) in [6.45, 7) is 6.39. The number of aliphatic hydroxyl groups is 1. The number of H-pyrrole nitrogens is 1. The minimum atomic E-state index is 0.276. The number of aliphatic hydroxyl groups excluding tert-OH is 1. The fraction of sp³-hybridized carbons (Fsp3) is 0.385. The summed E-state index contributed by atoms with van der Waals surface area (Å²) in [7, 11) is 1.72.